The lowest BCUT2D eigenvalue weighted by Crippen LogP contribution is -2.29. The van der Waals surface area contributed by atoms with E-state index in [9.17, 15) is 14.7 Å². The summed E-state index contributed by atoms with van der Waals surface area (Å²) < 4.78 is 5.77. The Labute approximate surface area is 192 Å². The molecule has 1 aliphatic heterocycles. The largest absolute Gasteiger partial charge is 0.507 e. The Bertz CT molecular complexity index is 1180. The Hall–Kier alpha value is -4.00. The molecule has 33 heavy (non-hydrogen) atoms. The number of hydrogen-bond donors (Lipinski definition) is 1. The lowest BCUT2D eigenvalue weighted by atomic mass is 9.96. The first-order valence-corrected chi connectivity index (χ1v) is 10.8. The topological polar surface area (TPSA) is 92.6 Å². The highest BCUT2D eigenvalue weighted by Gasteiger charge is 2.46. The number of ether oxygens (including phenoxy) is 1. The summed E-state index contributed by atoms with van der Waals surface area (Å²) in [6.45, 7) is 4.78. The van der Waals surface area contributed by atoms with Gasteiger partial charge in [-0.1, -0.05) is 38.1 Å². The van der Waals surface area contributed by atoms with Crippen LogP contribution >= 0.6 is 0 Å². The first kappa shape index (κ1) is 22.2. The van der Waals surface area contributed by atoms with Crippen LogP contribution in [0.2, 0.25) is 0 Å². The fourth-order valence-electron chi connectivity index (χ4n) is 3.77. The van der Waals surface area contributed by atoms with Gasteiger partial charge in [0, 0.05) is 36.9 Å². The van der Waals surface area contributed by atoms with E-state index in [1.807, 2.05) is 19.9 Å². The molecule has 1 fully saturated rings. The van der Waals surface area contributed by atoms with Crippen LogP contribution in [-0.2, 0) is 16.1 Å². The Kier molecular flexibility index (Phi) is 6.49. The molecule has 3 aromatic rings. The van der Waals surface area contributed by atoms with Crippen LogP contribution in [0.15, 0.2) is 78.9 Å². The van der Waals surface area contributed by atoms with Crippen LogP contribution in [0.25, 0.3) is 5.76 Å². The van der Waals surface area contributed by atoms with Crippen LogP contribution in [0, 0.1) is 5.92 Å². The van der Waals surface area contributed by atoms with Crippen molar-refractivity contribution < 1.29 is 19.4 Å². The summed E-state index contributed by atoms with van der Waals surface area (Å²) in [4.78, 5) is 35.9. The van der Waals surface area contributed by atoms with Gasteiger partial charge in [0.15, 0.2) is 0 Å². The van der Waals surface area contributed by atoms with Gasteiger partial charge in [-0.2, -0.15) is 0 Å². The van der Waals surface area contributed by atoms with Crippen molar-refractivity contribution in [3.05, 3.63) is 95.6 Å². The zero-order valence-electron chi connectivity index (χ0n) is 18.5. The van der Waals surface area contributed by atoms with E-state index >= 15 is 0 Å². The SMILES string of the molecule is CC(C)COc1cccc(/C(O)=C2/C(=O)C(=O)N(Cc3cccnc3)C2c2cccnc2)c1. The van der Waals surface area contributed by atoms with Gasteiger partial charge < -0.3 is 14.7 Å². The average molecular weight is 444 g/mol. The van der Waals surface area contributed by atoms with Crippen LogP contribution in [-0.4, -0.2) is 38.3 Å². The van der Waals surface area contributed by atoms with Gasteiger partial charge >= 0.3 is 0 Å². The van der Waals surface area contributed by atoms with Crippen molar-refractivity contribution in [3.63, 3.8) is 0 Å². The van der Waals surface area contributed by atoms with Crippen LogP contribution in [0.3, 0.4) is 0 Å². The minimum atomic E-state index is -0.779. The summed E-state index contributed by atoms with van der Waals surface area (Å²) in [6, 6.07) is 13.2. The Morgan fingerprint density at radius 3 is 2.48 bits per heavy atom. The van der Waals surface area contributed by atoms with Gasteiger partial charge in [0.1, 0.15) is 11.5 Å². The maximum atomic E-state index is 13.1. The highest BCUT2D eigenvalue weighted by Crippen LogP contribution is 2.40. The number of pyridine rings is 2. The molecule has 4 rings (SSSR count). The molecule has 0 radical (unpaired) electrons. The number of carbonyl (C=O) groups excluding carboxylic acids is 2. The quantitative estimate of drug-likeness (QED) is 0.335. The van der Waals surface area contributed by atoms with Gasteiger partial charge in [0.05, 0.1) is 18.2 Å². The van der Waals surface area contributed by atoms with Crippen molar-refractivity contribution >= 4 is 17.4 Å². The van der Waals surface area contributed by atoms with Crippen molar-refractivity contribution in [2.75, 3.05) is 6.61 Å². The molecule has 7 heteroatoms. The Morgan fingerprint density at radius 1 is 1.06 bits per heavy atom. The second-order valence-corrected chi connectivity index (χ2v) is 8.31. The molecule has 1 unspecified atom stereocenters. The molecule has 1 atom stereocenters. The zero-order valence-corrected chi connectivity index (χ0v) is 18.5. The van der Waals surface area contributed by atoms with E-state index in [-0.39, 0.29) is 17.9 Å². The minimum absolute atomic E-state index is 0.0258. The number of nitrogens with zero attached hydrogens (tertiary/aromatic N) is 3. The molecule has 1 saturated heterocycles. The van der Waals surface area contributed by atoms with Crippen molar-refractivity contribution in [2.45, 2.75) is 26.4 Å². The molecule has 168 valence electrons. The molecular formula is C26H25N3O4. The average Bonchev–Trinajstić information content (AvgIpc) is 3.08. The van der Waals surface area contributed by atoms with Crippen LogP contribution in [0.4, 0.5) is 0 Å². The number of aliphatic hydroxyl groups excluding tert-OH is 1. The normalized spacial score (nSPS) is 17.5. The van der Waals surface area contributed by atoms with Crippen molar-refractivity contribution in [1.29, 1.82) is 0 Å². The molecule has 0 aliphatic carbocycles. The number of benzene rings is 1. The summed E-state index contributed by atoms with van der Waals surface area (Å²) in [6.07, 6.45) is 6.51. The van der Waals surface area contributed by atoms with Crippen molar-refractivity contribution in [2.24, 2.45) is 5.92 Å². The minimum Gasteiger partial charge on any atom is -0.507 e. The highest BCUT2D eigenvalue weighted by molar-refractivity contribution is 6.46. The van der Waals surface area contributed by atoms with E-state index in [2.05, 4.69) is 9.97 Å². The van der Waals surface area contributed by atoms with Gasteiger partial charge in [-0.15, -0.1) is 0 Å². The molecule has 3 heterocycles. The lowest BCUT2D eigenvalue weighted by Gasteiger charge is -2.25. The number of hydrogen-bond acceptors (Lipinski definition) is 6. The second-order valence-electron chi connectivity index (χ2n) is 8.31. The van der Waals surface area contributed by atoms with E-state index in [4.69, 9.17) is 4.74 Å². The van der Waals surface area contributed by atoms with Gasteiger partial charge in [-0.3, -0.25) is 19.6 Å². The van der Waals surface area contributed by atoms with Gasteiger partial charge in [-0.25, -0.2) is 0 Å². The second kappa shape index (κ2) is 9.65. The monoisotopic (exact) mass is 443 g/mol. The molecule has 1 amide bonds. The number of aromatic nitrogens is 2. The number of amides is 1. The summed E-state index contributed by atoms with van der Waals surface area (Å²) in [5.41, 5.74) is 1.84. The molecule has 0 spiro atoms. The molecular weight excluding hydrogens is 418 g/mol. The Morgan fingerprint density at radius 2 is 1.82 bits per heavy atom. The summed E-state index contributed by atoms with van der Waals surface area (Å²) in [7, 11) is 0. The number of carbonyl (C=O) groups is 2. The van der Waals surface area contributed by atoms with E-state index in [0.717, 1.165) is 5.56 Å². The van der Waals surface area contributed by atoms with E-state index in [0.29, 0.717) is 29.4 Å². The predicted octanol–water partition coefficient (Wildman–Crippen LogP) is 4.13. The molecule has 0 bridgehead atoms. The van der Waals surface area contributed by atoms with Crippen molar-refractivity contribution in [1.82, 2.24) is 14.9 Å². The highest BCUT2D eigenvalue weighted by atomic mass is 16.5. The summed E-state index contributed by atoms with van der Waals surface area (Å²) in [5.74, 6) is -0.744. The third kappa shape index (κ3) is 4.77. The molecule has 2 aromatic heterocycles. The molecule has 7 nitrogen and oxygen atoms in total. The van der Waals surface area contributed by atoms with E-state index in [1.165, 1.54) is 4.90 Å². The third-order valence-electron chi connectivity index (χ3n) is 5.31. The summed E-state index contributed by atoms with van der Waals surface area (Å²) in [5, 5.41) is 11.2. The maximum Gasteiger partial charge on any atom is 0.295 e. The van der Waals surface area contributed by atoms with Crippen LogP contribution in [0.5, 0.6) is 5.75 Å². The number of likely N-dealkylation sites (tertiary alicyclic amines) is 1. The summed E-state index contributed by atoms with van der Waals surface area (Å²) >= 11 is 0. The Balaban J connectivity index is 1.78. The molecule has 1 N–H and O–H groups in total. The maximum absolute atomic E-state index is 13.1. The zero-order chi connectivity index (χ0) is 23.4. The molecule has 1 aromatic carbocycles. The van der Waals surface area contributed by atoms with Gasteiger partial charge in [-0.05, 0) is 41.3 Å². The first-order chi connectivity index (χ1) is 16.0. The molecule has 1 aliphatic rings. The van der Waals surface area contributed by atoms with E-state index in [1.54, 1.807) is 67.3 Å². The van der Waals surface area contributed by atoms with Crippen LogP contribution in [0.1, 0.15) is 36.6 Å². The van der Waals surface area contributed by atoms with Crippen LogP contribution < -0.4 is 4.74 Å². The fraction of sp³-hybridized carbons (Fsp3) is 0.231. The lowest BCUT2D eigenvalue weighted by molar-refractivity contribution is -0.140. The first-order valence-electron chi connectivity index (χ1n) is 10.8. The smallest absolute Gasteiger partial charge is 0.295 e. The number of aliphatic hydroxyl groups is 1. The number of ketones is 1. The standard InChI is InChI=1S/C26H25N3O4/c1-17(2)16-33-21-9-3-7-19(12-21)24(30)22-23(20-8-5-11-28-14-20)29(26(32)25(22)31)15-18-6-4-10-27-13-18/h3-14,17,23,30H,15-16H2,1-2H3/b24-22-. The van der Waals surface area contributed by atoms with Gasteiger partial charge in [0.2, 0.25) is 0 Å². The number of Topliss-reactive ketones (excluding diaryl/α,β-unsaturated/α-hetero) is 1. The van der Waals surface area contributed by atoms with E-state index < -0.39 is 17.7 Å². The fourth-order valence-corrected chi connectivity index (χ4v) is 3.77. The van der Waals surface area contributed by atoms with Crippen molar-refractivity contribution in [3.8, 4) is 5.75 Å². The third-order valence-corrected chi connectivity index (χ3v) is 5.31. The molecule has 0 saturated carbocycles. The predicted molar refractivity (Wildman–Crippen MR) is 123 cm³/mol. The van der Waals surface area contributed by atoms with Gasteiger partial charge in [0.25, 0.3) is 11.7 Å². The number of rotatable bonds is 7.